The van der Waals surface area contributed by atoms with E-state index >= 15 is 0 Å². The molecule has 0 radical (unpaired) electrons. The topological polar surface area (TPSA) is 17.1 Å². The Labute approximate surface area is 62.1 Å². The average Bonchev–Trinajstić information content (AvgIpc) is 1.88. The van der Waals surface area contributed by atoms with Crippen LogP contribution in [0.5, 0.6) is 0 Å². The molecule has 0 aromatic rings. The van der Waals surface area contributed by atoms with Gasteiger partial charge in [-0.25, -0.2) is 0 Å². The van der Waals surface area contributed by atoms with Gasteiger partial charge >= 0.3 is 0 Å². The van der Waals surface area contributed by atoms with Crippen molar-refractivity contribution < 1.29 is 4.79 Å². The van der Waals surface area contributed by atoms with Gasteiger partial charge in [-0.2, -0.15) is 0 Å². The van der Waals surface area contributed by atoms with Crippen LogP contribution in [-0.4, -0.2) is 5.78 Å². The summed E-state index contributed by atoms with van der Waals surface area (Å²) in [7, 11) is 0. The Morgan fingerprint density at radius 3 is 2.70 bits per heavy atom. The smallest absolute Gasteiger partial charge is 0.158 e. The maximum Gasteiger partial charge on any atom is 0.158 e. The summed E-state index contributed by atoms with van der Waals surface area (Å²) in [6.45, 7) is 5.25. The summed E-state index contributed by atoms with van der Waals surface area (Å²) in [6.07, 6.45) is 7.01. The number of carbonyl (C=O) groups excluding carboxylic acids is 1. The van der Waals surface area contributed by atoms with Crippen molar-refractivity contribution in [3.8, 4) is 12.3 Å². The summed E-state index contributed by atoms with van der Waals surface area (Å²) >= 11 is 0. The molecule has 0 aromatic carbocycles. The normalized spacial score (nSPS) is 8.40. The summed E-state index contributed by atoms with van der Waals surface area (Å²) < 4.78 is 0. The predicted octanol–water partition coefficient (Wildman–Crippen LogP) is 1.94. The van der Waals surface area contributed by atoms with Gasteiger partial charge in [0.15, 0.2) is 5.78 Å². The molecule has 1 nitrogen and oxygen atoms in total. The Bertz CT molecular complexity index is 172. The minimum absolute atomic E-state index is 0.121. The third kappa shape index (κ3) is 3.91. The van der Waals surface area contributed by atoms with Crippen molar-refractivity contribution in [2.75, 3.05) is 0 Å². The van der Waals surface area contributed by atoms with Crippen LogP contribution in [0.3, 0.4) is 0 Å². The van der Waals surface area contributed by atoms with Crippen molar-refractivity contribution in [3.05, 3.63) is 12.2 Å². The molecule has 1 heteroatoms. The maximum absolute atomic E-state index is 10.8. The van der Waals surface area contributed by atoms with E-state index in [1.54, 1.807) is 6.92 Å². The molecule has 0 saturated heterocycles. The van der Waals surface area contributed by atoms with Gasteiger partial charge in [0.1, 0.15) is 0 Å². The third-order valence-electron chi connectivity index (χ3n) is 1.20. The molecule has 0 heterocycles. The number of carbonyl (C=O) groups is 1. The van der Waals surface area contributed by atoms with Crippen molar-refractivity contribution in [1.29, 1.82) is 0 Å². The molecule has 0 rings (SSSR count). The summed E-state index contributed by atoms with van der Waals surface area (Å²) in [4.78, 5) is 10.8. The van der Waals surface area contributed by atoms with Crippen LogP contribution >= 0.6 is 0 Å². The first-order valence-electron chi connectivity index (χ1n) is 3.30. The highest BCUT2D eigenvalue weighted by atomic mass is 16.1. The molecule has 10 heavy (non-hydrogen) atoms. The van der Waals surface area contributed by atoms with Gasteiger partial charge in [0, 0.05) is 12.8 Å². The van der Waals surface area contributed by atoms with Gasteiger partial charge in [-0.05, 0) is 18.9 Å². The zero-order chi connectivity index (χ0) is 7.98. The second-order valence-electron chi connectivity index (χ2n) is 2.26. The molecule has 0 saturated carbocycles. The highest BCUT2D eigenvalue weighted by Crippen LogP contribution is 2.00. The quantitative estimate of drug-likeness (QED) is 0.328. The monoisotopic (exact) mass is 136 g/mol. The molecule has 54 valence electrons. The van der Waals surface area contributed by atoms with E-state index in [0.29, 0.717) is 18.4 Å². The molecule has 0 aromatic heterocycles. The maximum atomic E-state index is 10.8. The lowest BCUT2D eigenvalue weighted by atomic mass is 10.1. The van der Waals surface area contributed by atoms with E-state index in [1.165, 1.54) is 0 Å². The van der Waals surface area contributed by atoms with Crippen molar-refractivity contribution >= 4 is 5.78 Å². The van der Waals surface area contributed by atoms with E-state index in [9.17, 15) is 4.79 Å². The molecule has 0 unspecified atom stereocenters. The zero-order valence-electron chi connectivity index (χ0n) is 6.31. The minimum Gasteiger partial charge on any atom is -0.295 e. The molecule has 0 aliphatic carbocycles. The van der Waals surface area contributed by atoms with Gasteiger partial charge in [0.2, 0.25) is 0 Å². The van der Waals surface area contributed by atoms with Gasteiger partial charge in [0.05, 0.1) is 0 Å². The molecule has 0 bridgehead atoms. The summed E-state index contributed by atoms with van der Waals surface area (Å²) in [5.74, 6) is 2.60. The Hall–Kier alpha value is -1.03. The fourth-order valence-electron chi connectivity index (χ4n) is 0.564. The number of ketones is 1. The molecule has 0 aliphatic heterocycles. The SMILES string of the molecule is C#CCCCC(=O)C(=C)C. The van der Waals surface area contributed by atoms with E-state index in [4.69, 9.17) is 6.42 Å². The second-order valence-corrected chi connectivity index (χ2v) is 2.26. The molecular weight excluding hydrogens is 124 g/mol. The highest BCUT2D eigenvalue weighted by molar-refractivity contribution is 5.93. The van der Waals surface area contributed by atoms with Crippen molar-refractivity contribution in [2.24, 2.45) is 0 Å². The van der Waals surface area contributed by atoms with Crippen LogP contribution in [0.25, 0.3) is 0 Å². The van der Waals surface area contributed by atoms with Crippen LogP contribution in [0.15, 0.2) is 12.2 Å². The Kier molecular flexibility index (Phi) is 4.32. The minimum atomic E-state index is 0.121. The van der Waals surface area contributed by atoms with Crippen molar-refractivity contribution in [3.63, 3.8) is 0 Å². The number of unbranched alkanes of at least 4 members (excludes halogenated alkanes) is 1. The van der Waals surface area contributed by atoms with Crippen LogP contribution in [0.1, 0.15) is 26.2 Å². The first-order valence-corrected chi connectivity index (χ1v) is 3.30. The lowest BCUT2D eigenvalue weighted by Crippen LogP contribution is -1.96. The number of terminal acetylenes is 1. The van der Waals surface area contributed by atoms with E-state index in [-0.39, 0.29) is 5.78 Å². The Morgan fingerprint density at radius 2 is 2.30 bits per heavy atom. The van der Waals surface area contributed by atoms with Crippen LogP contribution in [0.2, 0.25) is 0 Å². The third-order valence-corrected chi connectivity index (χ3v) is 1.20. The fourth-order valence-corrected chi connectivity index (χ4v) is 0.564. The summed E-state index contributed by atoms with van der Waals surface area (Å²) in [5, 5.41) is 0. The lowest BCUT2D eigenvalue weighted by Gasteiger charge is -1.94. The molecule has 0 amide bonds. The zero-order valence-corrected chi connectivity index (χ0v) is 6.31. The number of allylic oxidation sites excluding steroid dienone is 1. The van der Waals surface area contributed by atoms with E-state index in [2.05, 4.69) is 12.5 Å². The standard InChI is InChI=1S/C9H12O/c1-4-5-6-7-9(10)8(2)3/h1H,2,5-7H2,3H3. The van der Waals surface area contributed by atoms with Gasteiger partial charge in [0.25, 0.3) is 0 Å². The number of Topliss-reactive ketones (excluding diaryl/α,β-unsaturated/α-hetero) is 1. The van der Waals surface area contributed by atoms with Crippen LogP contribution < -0.4 is 0 Å². The summed E-state index contributed by atoms with van der Waals surface area (Å²) in [6, 6.07) is 0. The van der Waals surface area contributed by atoms with Gasteiger partial charge in [-0.1, -0.05) is 6.58 Å². The van der Waals surface area contributed by atoms with Crippen molar-refractivity contribution in [2.45, 2.75) is 26.2 Å². The predicted molar refractivity (Wildman–Crippen MR) is 42.5 cm³/mol. The second kappa shape index (κ2) is 4.81. The molecule has 0 atom stereocenters. The van der Waals surface area contributed by atoms with E-state index in [1.807, 2.05) is 0 Å². The van der Waals surface area contributed by atoms with Crippen molar-refractivity contribution in [1.82, 2.24) is 0 Å². The highest BCUT2D eigenvalue weighted by Gasteiger charge is 1.99. The molecule has 0 aliphatic rings. The molecular formula is C9H12O. The summed E-state index contributed by atoms with van der Waals surface area (Å²) in [5.41, 5.74) is 0.622. The molecule has 0 fully saturated rings. The average molecular weight is 136 g/mol. The van der Waals surface area contributed by atoms with Gasteiger partial charge in [-0.3, -0.25) is 4.79 Å². The van der Waals surface area contributed by atoms with Crippen LogP contribution in [0.4, 0.5) is 0 Å². The molecule has 0 N–H and O–H groups in total. The Balaban J connectivity index is 3.43. The van der Waals surface area contributed by atoms with Gasteiger partial charge in [-0.15, -0.1) is 12.3 Å². The van der Waals surface area contributed by atoms with E-state index in [0.717, 1.165) is 6.42 Å². The largest absolute Gasteiger partial charge is 0.295 e. The first kappa shape index (κ1) is 8.97. The van der Waals surface area contributed by atoms with Gasteiger partial charge < -0.3 is 0 Å². The molecule has 0 spiro atoms. The number of rotatable bonds is 4. The van der Waals surface area contributed by atoms with Crippen LogP contribution in [0, 0.1) is 12.3 Å². The number of hydrogen-bond acceptors (Lipinski definition) is 1. The first-order chi connectivity index (χ1) is 4.68. The Morgan fingerprint density at radius 1 is 1.70 bits per heavy atom. The van der Waals surface area contributed by atoms with E-state index < -0.39 is 0 Å². The number of hydrogen-bond donors (Lipinski definition) is 0. The lowest BCUT2D eigenvalue weighted by molar-refractivity contribution is -0.115. The van der Waals surface area contributed by atoms with Crippen LogP contribution in [-0.2, 0) is 4.79 Å². The fraction of sp³-hybridized carbons (Fsp3) is 0.444.